The van der Waals surface area contributed by atoms with E-state index in [1.807, 2.05) is 66.3 Å². The first kappa shape index (κ1) is 20.1. The fourth-order valence-corrected chi connectivity index (χ4v) is 3.20. The molecule has 0 saturated heterocycles. The minimum Gasteiger partial charge on any atom is -0.497 e. The van der Waals surface area contributed by atoms with Crippen molar-refractivity contribution in [2.75, 3.05) is 7.11 Å². The van der Waals surface area contributed by atoms with Crippen molar-refractivity contribution in [1.82, 2.24) is 15.2 Å². The van der Waals surface area contributed by atoms with E-state index in [1.54, 1.807) is 37.6 Å². The molecule has 1 N–H and O–H groups in total. The highest BCUT2D eigenvalue weighted by molar-refractivity contribution is 5.96. The van der Waals surface area contributed by atoms with Crippen LogP contribution in [0.1, 0.15) is 21.5 Å². The molecule has 0 aliphatic heterocycles. The third-order valence-electron chi connectivity index (χ3n) is 4.76. The van der Waals surface area contributed by atoms with Crippen LogP contribution in [0, 0.1) is 6.92 Å². The topological polar surface area (TPSA) is 68.5 Å². The number of aromatic nitrogens is 2. The molecule has 3 aromatic carbocycles. The molecule has 1 aromatic heterocycles. The van der Waals surface area contributed by atoms with E-state index in [-0.39, 0.29) is 5.91 Å². The lowest BCUT2D eigenvalue weighted by Gasteiger charge is -2.03. The molecule has 31 heavy (non-hydrogen) atoms. The summed E-state index contributed by atoms with van der Waals surface area (Å²) in [5.41, 5.74) is 7.68. The highest BCUT2D eigenvalue weighted by Gasteiger charge is 2.12. The van der Waals surface area contributed by atoms with E-state index in [4.69, 9.17) is 9.84 Å². The van der Waals surface area contributed by atoms with Crippen molar-refractivity contribution < 1.29 is 9.53 Å². The number of nitrogens with zero attached hydrogens (tertiary/aromatic N) is 3. The van der Waals surface area contributed by atoms with Crippen molar-refractivity contribution in [3.05, 3.63) is 102 Å². The van der Waals surface area contributed by atoms with Crippen LogP contribution in [0.3, 0.4) is 0 Å². The second-order valence-corrected chi connectivity index (χ2v) is 7.01. The van der Waals surface area contributed by atoms with Crippen LogP contribution in [-0.2, 0) is 0 Å². The number of nitrogens with one attached hydrogen (secondary N) is 1. The van der Waals surface area contributed by atoms with Gasteiger partial charge in [0.15, 0.2) is 0 Å². The summed E-state index contributed by atoms with van der Waals surface area (Å²) in [6.07, 6.45) is 3.51. The van der Waals surface area contributed by atoms with Gasteiger partial charge in [0.2, 0.25) is 0 Å². The van der Waals surface area contributed by atoms with Crippen LogP contribution in [0.2, 0.25) is 0 Å². The van der Waals surface area contributed by atoms with Gasteiger partial charge in [-0.1, -0.05) is 48.0 Å². The predicted octanol–water partition coefficient (Wildman–Crippen LogP) is 4.62. The van der Waals surface area contributed by atoms with Gasteiger partial charge in [-0.3, -0.25) is 4.79 Å². The third kappa shape index (κ3) is 4.70. The Balaban J connectivity index is 1.63. The van der Waals surface area contributed by atoms with Crippen LogP contribution in [0.25, 0.3) is 16.9 Å². The van der Waals surface area contributed by atoms with E-state index in [9.17, 15) is 4.79 Å². The number of aryl methyl sites for hydroxylation is 1. The van der Waals surface area contributed by atoms with Gasteiger partial charge in [-0.25, -0.2) is 10.1 Å². The summed E-state index contributed by atoms with van der Waals surface area (Å²) >= 11 is 0. The maximum atomic E-state index is 12.4. The molecule has 1 amide bonds. The first-order valence-corrected chi connectivity index (χ1v) is 9.83. The molecule has 0 unspecified atom stereocenters. The van der Waals surface area contributed by atoms with Gasteiger partial charge in [0.05, 0.1) is 19.0 Å². The Hall–Kier alpha value is -4.19. The Morgan fingerprint density at radius 1 is 1.03 bits per heavy atom. The molecular weight excluding hydrogens is 388 g/mol. The summed E-state index contributed by atoms with van der Waals surface area (Å²) in [5.74, 6) is 0.296. The molecule has 0 bridgehead atoms. The van der Waals surface area contributed by atoms with Crippen LogP contribution in [0.4, 0.5) is 0 Å². The van der Waals surface area contributed by atoms with Crippen molar-refractivity contribution in [3.8, 4) is 22.7 Å². The number of ether oxygens (including phenoxy) is 1. The standard InChI is InChI=1S/C25H22N4O2/c1-18-8-6-9-19(14-18)24-21(17-29(28-24)22-11-4-3-5-12-22)16-26-27-25(30)20-10-7-13-23(15-20)31-2/h3-17H,1-2H3,(H,27,30). The number of para-hydroxylation sites is 1. The van der Waals surface area contributed by atoms with E-state index in [0.717, 1.165) is 28.1 Å². The third-order valence-corrected chi connectivity index (χ3v) is 4.76. The van der Waals surface area contributed by atoms with Gasteiger partial charge in [0.25, 0.3) is 5.91 Å². The Labute approximate surface area is 180 Å². The quantitative estimate of drug-likeness (QED) is 0.372. The molecule has 4 rings (SSSR count). The summed E-state index contributed by atoms with van der Waals surface area (Å²) in [5, 5.41) is 8.94. The molecule has 0 aliphatic rings. The Morgan fingerprint density at radius 2 is 1.84 bits per heavy atom. The largest absolute Gasteiger partial charge is 0.497 e. The van der Waals surface area contributed by atoms with Crippen LogP contribution in [0.15, 0.2) is 90.2 Å². The smallest absolute Gasteiger partial charge is 0.271 e. The molecule has 0 saturated carbocycles. The number of hydrazone groups is 1. The lowest BCUT2D eigenvalue weighted by Crippen LogP contribution is -2.17. The van der Waals surface area contributed by atoms with Crippen molar-refractivity contribution in [2.45, 2.75) is 6.92 Å². The number of carbonyl (C=O) groups excluding carboxylic acids is 1. The van der Waals surface area contributed by atoms with Crippen molar-refractivity contribution >= 4 is 12.1 Å². The number of amides is 1. The average Bonchev–Trinajstić information content (AvgIpc) is 3.24. The van der Waals surface area contributed by atoms with E-state index in [1.165, 1.54) is 0 Å². The zero-order chi connectivity index (χ0) is 21.6. The average molecular weight is 410 g/mol. The number of hydrogen-bond donors (Lipinski definition) is 1. The van der Waals surface area contributed by atoms with Crippen LogP contribution >= 0.6 is 0 Å². The lowest BCUT2D eigenvalue weighted by atomic mass is 10.1. The van der Waals surface area contributed by atoms with E-state index in [0.29, 0.717) is 11.3 Å². The number of carbonyl (C=O) groups is 1. The minimum absolute atomic E-state index is 0.317. The fourth-order valence-electron chi connectivity index (χ4n) is 3.20. The Morgan fingerprint density at radius 3 is 2.61 bits per heavy atom. The normalized spacial score (nSPS) is 10.9. The number of methoxy groups -OCH3 is 1. The van der Waals surface area contributed by atoms with E-state index >= 15 is 0 Å². The van der Waals surface area contributed by atoms with Gasteiger partial charge in [0.1, 0.15) is 11.4 Å². The van der Waals surface area contributed by atoms with Crippen LogP contribution < -0.4 is 10.2 Å². The SMILES string of the molecule is COc1cccc(C(=O)NN=Cc2cn(-c3ccccc3)nc2-c2cccc(C)c2)c1. The summed E-state index contributed by atoms with van der Waals surface area (Å²) in [6, 6.07) is 24.9. The van der Waals surface area contributed by atoms with E-state index < -0.39 is 0 Å². The van der Waals surface area contributed by atoms with Gasteiger partial charge < -0.3 is 4.74 Å². The zero-order valence-electron chi connectivity index (χ0n) is 17.3. The van der Waals surface area contributed by atoms with Crippen molar-refractivity contribution in [3.63, 3.8) is 0 Å². The molecule has 0 fully saturated rings. The maximum absolute atomic E-state index is 12.4. The van der Waals surface area contributed by atoms with Gasteiger partial charge in [0, 0.05) is 22.9 Å². The van der Waals surface area contributed by atoms with Gasteiger partial charge in [-0.2, -0.15) is 10.2 Å². The fraction of sp³-hybridized carbons (Fsp3) is 0.0800. The summed E-state index contributed by atoms with van der Waals surface area (Å²) in [7, 11) is 1.56. The molecule has 6 heteroatoms. The van der Waals surface area contributed by atoms with Gasteiger partial charge in [-0.05, 0) is 43.3 Å². The zero-order valence-corrected chi connectivity index (χ0v) is 17.3. The second kappa shape index (κ2) is 9.09. The van der Waals surface area contributed by atoms with Crippen LogP contribution in [-0.4, -0.2) is 29.0 Å². The van der Waals surface area contributed by atoms with E-state index in [2.05, 4.69) is 16.6 Å². The lowest BCUT2D eigenvalue weighted by molar-refractivity contribution is 0.0955. The molecule has 6 nitrogen and oxygen atoms in total. The Kier molecular flexibility index (Phi) is 5.89. The van der Waals surface area contributed by atoms with Gasteiger partial charge >= 0.3 is 0 Å². The number of hydrogen-bond acceptors (Lipinski definition) is 4. The molecule has 0 radical (unpaired) electrons. The van der Waals surface area contributed by atoms with Gasteiger partial charge in [-0.15, -0.1) is 0 Å². The molecule has 4 aromatic rings. The number of benzene rings is 3. The maximum Gasteiger partial charge on any atom is 0.271 e. The molecule has 0 atom stereocenters. The predicted molar refractivity (Wildman–Crippen MR) is 122 cm³/mol. The number of rotatable bonds is 6. The second-order valence-electron chi connectivity index (χ2n) is 7.01. The molecule has 0 aliphatic carbocycles. The summed E-state index contributed by atoms with van der Waals surface area (Å²) in [6.45, 7) is 2.04. The monoisotopic (exact) mass is 410 g/mol. The van der Waals surface area contributed by atoms with Crippen molar-refractivity contribution in [2.24, 2.45) is 5.10 Å². The Bertz CT molecular complexity index is 1230. The minimum atomic E-state index is -0.317. The first-order chi connectivity index (χ1) is 15.1. The first-order valence-electron chi connectivity index (χ1n) is 9.83. The molecule has 1 heterocycles. The highest BCUT2D eigenvalue weighted by atomic mass is 16.5. The van der Waals surface area contributed by atoms with Crippen LogP contribution in [0.5, 0.6) is 5.75 Å². The molecular formula is C25H22N4O2. The highest BCUT2D eigenvalue weighted by Crippen LogP contribution is 2.23. The summed E-state index contributed by atoms with van der Waals surface area (Å²) in [4.78, 5) is 12.4. The molecule has 154 valence electrons. The molecule has 0 spiro atoms. The summed E-state index contributed by atoms with van der Waals surface area (Å²) < 4.78 is 6.98. The van der Waals surface area contributed by atoms with Crippen molar-refractivity contribution in [1.29, 1.82) is 0 Å².